The van der Waals surface area contributed by atoms with Crippen LogP contribution in [0, 0.1) is 0 Å². The van der Waals surface area contributed by atoms with Crippen molar-refractivity contribution in [1.82, 2.24) is 4.90 Å². The van der Waals surface area contributed by atoms with Crippen molar-refractivity contribution in [3.05, 3.63) is 35.4 Å². The molecule has 1 heterocycles. The third-order valence-electron chi connectivity index (χ3n) is 3.18. The predicted octanol–water partition coefficient (Wildman–Crippen LogP) is 0.688. The molecule has 16 heavy (non-hydrogen) atoms. The van der Waals surface area contributed by atoms with Crippen molar-refractivity contribution in [2.75, 3.05) is 7.05 Å². The van der Waals surface area contributed by atoms with Crippen molar-refractivity contribution < 1.29 is 15.0 Å². The zero-order chi connectivity index (χ0) is 12.1. The molecule has 1 atom stereocenters. The summed E-state index contributed by atoms with van der Waals surface area (Å²) in [5, 5.41) is 20.6. The molecule has 0 spiro atoms. The molecule has 4 nitrogen and oxygen atoms in total. The summed E-state index contributed by atoms with van der Waals surface area (Å²) in [6, 6.07) is 6.79. The van der Waals surface area contributed by atoms with Crippen LogP contribution >= 0.6 is 0 Å². The third-order valence-corrected chi connectivity index (χ3v) is 3.18. The molecule has 86 valence electrons. The standard InChI is InChI=1S/C12H15NO3/c1-11(2,15)12(16)9-7-5-4-6-8(9)10(14)13(12)3/h4-7,15-16H,1-3H3. The Bertz CT molecular complexity index is 450. The summed E-state index contributed by atoms with van der Waals surface area (Å²) in [7, 11) is 1.49. The summed E-state index contributed by atoms with van der Waals surface area (Å²) in [6.07, 6.45) is 0. The number of rotatable bonds is 1. The monoisotopic (exact) mass is 221 g/mol. The minimum absolute atomic E-state index is 0.278. The number of fused-ring (bicyclic) bond motifs is 1. The SMILES string of the molecule is CN1C(=O)c2ccccc2C1(O)C(C)(C)O. The molecular weight excluding hydrogens is 206 g/mol. The van der Waals surface area contributed by atoms with E-state index in [1.165, 1.54) is 25.8 Å². The highest BCUT2D eigenvalue weighted by atomic mass is 16.4. The molecule has 0 saturated carbocycles. The minimum atomic E-state index is -1.67. The van der Waals surface area contributed by atoms with Crippen LogP contribution in [0.3, 0.4) is 0 Å². The summed E-state index contributed by atoms with van der Waals surface area (Å²) < 4.78 is 0. The lowest BCUT2D eigenvalue weighted by atomic mass is 9.87. The first-order valence-corrected chi connectivity index (χ1v) is 5.12. The predicted molar refractivity (Wildman–Crippen MR) is 58.7 cm³/mol. The van der Waals surface area contributed by atoms with E-state index < -0.39 is 11.3 Å². The molecule has 1 aliphatic heterocycles. The van der Waals surface area contributed by atoms with E-state index in [0.29, 0.717) is 11.1 Å². The van der Waals surface area contributed by atoms with E-state index in [1.807, 2.05) is 0 Å². The third kappa shape index (κ3) is 1.14. The van der Waals surface area contributed by atoms with Crippen LogP contribution in [0.15, 0.2) is 24.3 Å². The molecule has 2 rings (SSSR count). The molecule has 1 aromatic rings. The maximum Gasteiger partial charge on any atom is 0.256 e. The Balaban J connectivity index is 2.71. The Morgan fingerprint density at radius 3 is 2.44 bits per heavy atom. The Hall–Kier alpha value is -1.39. The second kappa shape index (κ2) is 3.06. The molecule has 0 fully saturated rings. The first-order chi connectivity index (χ1) is 7.30. The smallest absolute Gasteiger partial charge is 0.256 e. The van der Waals surface area contributed by atoms with Crippen molar-refractivity contribution in [3.8, 4) is 0 Å². The van der Waals surface area contributed by atoms with Gasteiger partial charge in [0.1, 0.15) is 5.60 Å². The molecule has 1 unspecified atom stereocenters. The van der Waals surface area contributed by atoms with Crippen molar-refractivity contribution >= 4 is 5.91 Å². The van der Waals surface area contributed by atoms with E-state index in [1.54, 1.807) is 24.3 Å². The van der Waals surface area contributed by atoms with E-state index in [4.69, 9.17) is 0 Å². The molecule has 0 saturated heterocycles. The Morgan fingerprint density at radius 2 is 1.88 bits per heavy atom. The van der Waals surface area contributed by atoms with Gasteiger partial charge in [-0.3, -0.25) is 4.79 Å². The molecular formula is C12H15NO3. The van der Waals surface area contributed by atoms with Crippen LogP contribution in [-0.4, -0.2) is 33.7 Å². The molecule has 0 bridgehead atoms. The summed E-state index contributed by atoms with van der Waals surface area (Å²) in [6.45, 7) is 2.97. The molecule has 1 amide bonds. The molecule has 4 heteroatoms. The topological polar surface area (TPSA) is 60.8 Å². The average Bonchev–Trinajstić information content (AvgIpc) is 2.42. The summed E-state index contributed by atoms with van der Waals surface area (Å²) in [5.41, 5.74) is -2.20. The van der Waals surface area contributed by atoms with Gasteiger partial charge in [-0.15, -0.1) is 0 Å². The van der Waals surface area contributed by atoms with Gasteiger partial charge >= 0.3 is 0 Å². The van der Waals surface area contributed by atoms with Crippen LogP contribution in [0.5, 0.6) is 0 Å². The Morgan fingerprint density at radius 1 is 1.31 bits per heavy atom. The fourth-order valence-corrected chi connectivity index (χ4v) is 2.22. The van der Waals surface area contributed by atoms with Gasteiger partial charge in [0.15, 0.2) is 5.72 Å². The van der Waals surface area contributed by atoms with Gasteiger partial charge in [0, 0.05) is 18.2 Å². The molecule has 2 N–H and O–H groups in total. The van der Waals surface area contributed by atoms with Gasteiger partial charge in [-0.25, -0.2) is 0 Å². The lowest BCUT2D eigenvalue weighted by Gasteiger charge is -2.41. The van der Waals surface area contributed by atoms with Crippen molar-refractivity contribution in [3.63, 3.8) is 0 Å². The van der Waals surface area contributed by atoms with E-state index in [0.717, 1.165) is 0 Å². The molecule has 0 aliphatic carbocycles. The van der Waals surface area contributed by atoms with Crippen LogP contribution in [0.25, 0.3) is 0 Å². The number of carbonyl (C=O) groups excluding carboxylic acids is 1. The molecule has 1 aromatic carbocycles. The van der Waals surface area contributed by atoms with Crippen LogP contribution in [0.1, 0.15) is 29.8 Å². The van der Waals surface area contributed by atoms with Crippen molar-refractivity contribution in [1.29, 1.82) is 0 Å². The van der Waals surface area contributed by atoms with Gasteiger partial charge in [-0.05, 0) is 19.9 Å². The summed E-state index contributed by atoms with van der Waals surface area (Å²) in [4.78, 5) is 13.1. The van der Waals surface area contributed by atoms with Gasteiger partial charge in [0.2, 0.25) is 0 Å². The van der Waals surface area contributed by atoms with Gasteiger partial charge in [-0.2, -0.15) is 0 Å². The lowest BCUT2D eigenvalue weighted by Crippen LogP contribution is -2.55. The number of amides is 1. The average molecular weight is 221 g/mol. The Kier molecular flexibility index (Phi) is 2.12. The highest BCUT2D eigenvalue weighted by molar-refractivity contribution is 5.99. The number of carbonyl (C=O) groups is 1. The fourth-order valence-electron chi connectivity index (χ4n) is 2.22. The highest BCUT2D eigenvalue weighted by Crippen LogP contribution is 2.42. The largest absolute Gasteiger partial charge is 0.385 e. The summed E-state index contributed by atoms with van der Waals surface area (Å²) in [5.74, 6) is -0.278. The highest BCUT2D eigenvalue weighted by Gasteiger charge is 2.55. The number of aliphatic hydroxyl groups is 2. The second-order valence-electron chi connectivity index (χ2n) is 4.64. The maximum absolute atomic E-state index is 11.9. The molecule has 0 aromatic heterocycles. The van der Waals surface area contributed by atoms with Gasteiger partial charge in [0.05, 0.1) is 0 Å². The van der Waals surface area contributed by atoms with E-state index in [2.05, 4.69) is 0 Å². The van der Waals surface area contributed by atoms with Gasteiger partial charge in [-0.1, -0.05) is 18.2 Å². The van der Waals surface area contributed by atoms with E-state index in [9.17, 15) is 15.0 Å². The zero-order valence-corrected chi connectivity index (χ0v) is 9.56. The lowest BCUT2D eigenvalue weighted by molar-refractivity contribution is -0.199. The number of benzene rings is 1. The number of nitrogens with zero attached hydrogens (tertiary/aromatic N) is 1. The quantitative estimate of drug-likeness (QED) is 0.733. The first kappa shape index (κ1) is 11.1. The van der Waals surface area contributed by atoms with Gasteiger partial charge < -0.3 is 15.1 Å². The zero-order valence-electron chi connectivity index (χ0n) is 9.56. The molecule has 0 radical (unpaired) electrons. The van der Waals surface area contributed by atoms with Crippen molar-refractivity contribution in [2.24, 2.45) is 0 Å². The Labute approximate surface area is 94.1 Å². The van der Waals surface area contributed by atoms with E-state index in [-0.39, 0.29) is 5.91 Å². The normalized spacial score (nSPS) is 24.8. The van der Waals surface area contributed by atoms with Crippen LogP contribution in [0.4, 0.5) is 0 Å². The maximum atomic E-state index is 11.9. The molecule has 1 aliphatic rings. The summed E-state index contributed by atoms with van der Waals surface area (Å²) >= 11 is 0. The fraction of sp³-hybridized carbons (Fsp3) is 0.417. The van der Waals surface area contributed by atoms with Crippen LogP contribution < -0.4 is 0 Å². The minimum Gasteiger partial charge on any atom is -0.385 e. The number of hydrogen-bond donors (Lipinski definition) is 2. The van der Waals surface area contributed by atoms with Crippen molar-refractivity contribution in [2.45, 2.75) is 25.2 Å². The van der Waals surface area contributed by atoms with Crippen LogP contribution in [-0.2, 0) is 5.72 Å². The number of likely N-dealkylation sites (N-methyl/N-ethyl adjacent to an activating group) is 1. The number of hydrogen-bond acceptors (Lipinski definition) is 3. The first-order valence-electron chi connectivity index (χ1n) is 5.12. The second-order valence-corrected chi connectivity index (χ2v) is 4.64. The van der Waals surface area contributed by atoms with Crippen LogP contribution in [0.2, 0.25) is 0 Å². The van der Waals surface area contributed by atoms with E-state index >= 15 is 0 Å². The van der Waals surface area contributed by atoms with Gasteiger partial charge in [0.25, 0.3) is 5.91 Å².